The van der Waals surface area contributed by atoms with Gasteiger partial charge in [-0.25, -0.2) is 4.79 Å². The molecule has 0 saturated heterocycles. The molecule has 3 aromatic rings. The van der Waals surface area contributed by atoms with Gasteiger partial charge < -0.3 is 10.3 Å². The Bertz CT molecular complexity index is 930. The van der Waals surface area contributed by atoms with Crippen LogP contribution in [0.1, 0.15) is 18.4 Å². The van der Waals surface area contributed by atoms with Gasteiger partial charge in [-0.05, 0) is 36.6 Å². The van der Waals surface area contributed by atoms with Crippen LogP contribution in [0.5, 0.6) is 0 Å². The Kier molecular flexibility index (Phi) is 5.56. The first-order valence-corrected chi connectivity index (χ1v) is 8.70. The van der Waals surface area contributed by atoms with Gasteiger partial charge in [0.15, 0.2) is 0 Å². The van der Waals surface area contributed by atoms with Crippen LogP contribution in [0.4, 0.5) is 0 Å². The molecule has 0 saturated carbocycles. The summed E-state index contributed by atoms with van der Waals surface area (Å²) < 4.78 is 1.70. The highest BCUT2D eigenvalue weighted by molar-refractivity contribution is 6.31. The molecule has 0 atom stereocenters. The number of benzene rings is 2. The summed E-state index contributed by atoms with van der Waals surface area (Å²) in [6.07, 6.45) is 1.71. The number of amides is 1. The van der Waals surface area contributed by atoms with Crippen LogP contribution in [0.25, 0.3) is 11.0 Å². The van der Waals surface area contributed by atoms with Gasteiger partial charge in [0.05, 0.1) is 11.0 Å². The highest BCUT2D eigenvalue weighted by Crippen LogP contribution is 2.16. The minimum absolute atomic E-state index is 0.00815. The fraction of sp³-hybridized carbons (Fsp3) is 0.263. The zero-order chi connectivity index (χ0) is 17.6. The van der Waals surface area contributed by atoms with Crippen LogP contribution in [0.3, 0.4) is 0 Å². The van der Waals surface area contributed by atoms with E-state index in [0.717, 1.165) is 16.6 Å². The van der Waals surface area contributed by atoms with E-state index in [1.165, 1.54) is 0 Å². The van der Waals surface area contributed by atoms with Crippen LogP contribution in [0.2, 0.25) is 5.02 Å². The number of rotatable bonds is 7. The van der Waals surface area contributed by atoms with Crippen molar-refractivity contribution in [2.75, 3.05) is 6.54 Å². The van der Waals surface area contributed by atoms with Gasteiger partial charge >= 0.3 is 5.69 Å². The van der Waals surface area contributed by atoms with Gasteiger partial charge in [0.25, 0.3) is 0 Å². The number of carbonyl (C=O) groups is 1. The second kappa shape index (κ2) is 8.03. The number of fused-ring (bicyclic) bond motifs is 1. The molecule has 2 N–H and O–H groups in total. The number of aromatic nitrogens is 2. The third-order valence-corrected chi connectivity index (χ3v) is 4.51. The molecule has 0 aliphatic rings. The van der Waals surface area contributed by atoms with Crippen LogP contribution in [-0.4, -0.2) is 22.0 Å². The number of halogens is 1. The van der Waals surface area contributed by atoms with Crippen LogP contribution < -0.4 is 11.0 Å². The lowest BCUT2D eigenvalue weighted by Crippen LogP contribution is -2.26. The van der Waals surface area contributed by atoms with Crippen molar-refractivity contribution in [1.82, 2.24) is 14.9 Å². The van der Waals surface area contributed by atoms with Crippen LogP contribution in [0.15, 0.2) is 53.3 Å². The fourth-order valence-electron chi connectivity index (χ4n) is 2.83. The number of aromatic amines is 1. The van der Waals surface area contributed by atoms with E-state index < -0.39 is 0 Å². The molecule has 2 aromatic carbocycles. The minimum atomic E-state index is -0.119. The van der Waals surface area contributed by atoms with Gasteiger partial charge in [-0.15, -0.1) is 0 Å². The van der Waals surface area contributed by atoms with E-state index in [4.69, 9.17) is 11.6 Å². The van der Waals surface area contributed by atoms with Gasteiger partial charge in [0, 0.05) is 24.5 Å². The number of aryl methyl sites for hydroxylation is 2. The van der Waals surface area contributed by atoms with Crippen molar-refractivity contribution in [3.05, 3.63) is 69.6 Å². The van der Waals surface area contributed by atoms with Crippen molar-refractivity contribution in [3.8, 4) is 0 Å². The molecule has 0 bridgehead atoms. The lowest BCUT2D eigenvalue weighted by molar-refractivity contribution is -0.121. The SMILES string of the molecule is O=C(CCc1ccccc1Cl)NCCCn1c(=O)[nH]c2ccccc21. The zero-order valence-electron chi connectivity index (χ0n) is 13.8. The molecule has 3 rings (SSSR count). The summed E-state index contributed by atoms with van der Waals surface area (Å²) in [7, 11) is 0. The second-order valence-electron chi connectivity index (χ2n) is 5.89. The molecule has 25 heavy (non-hydrogen) atoms. The molecular formula is C19H20ClN3O2. The normalized spacial score (nSPS) is 10.9. The van der Waals surface area contributed by atoms with E-state index in [0.29, 0.717) is 37.4 Å². The van der Waals surface area contributed by atoms with Gasteiger partial charge in [0.1, 0.15) is 0 Å². The summed E-state index contributed by atoms with van der Waals surface area (Å²) in [6, 6.07) is 15.1. The highest BCUT2D eigenvalue weighted by atomic mass is 35.5. The molecule has 1 amide bonds. The number of imidazole rings is 1. The van der Waals surface area contributed by atoms with Crippen molar-refractivity contribution >= 4 is 28.5 Å². The number of nitrogens with one attached hydrogen (secondary N) is 2. The largest absolute Gasteiger partial charge is 0.356 e. The molecule has 0 aliphatic carbocycles. The molecule has 1 heterocycles. The Morgan fingerprint density at radius 1 is 1.12 bits per heavy atom. The number of H-pyrrole nitrogens is 1. The Morgan fingerprint density at radius 3 is 2.72 bits per heavy atom. The molecule has 0 spiro atoms. The highest BCUT2D eigenvalue weighted by Gasteiger charge is 2.07. The Labute approximate surface area is 150 Å². The summed E-state index contributed by atoms with van der Waals surface area (Å²) in [5, 5.41) is 3.58. The predicted octanol–water partition coefficient (Wildman–Crippen LogP) is 3.12. The van der Waals surface area contributed by atoms with Gasteiger partial charge in [-0.2, -0.15) is 0 Å². The molecule has 1 aromatic heterocycles. The molecule has 130 valence electrons. The predicted molar refractivity (Wildman–Crippen MR) is 100.0 cm³/mol. The maximum absolute atomic E-state index is 12.0. The Morgan fingerprint density at radius 2 is 1.88 bits per heavy atom. The van der Waals surface area contributed by atoms with Crippen molar-refractivity contribution in [2.45, 2.75) is 25.8 Å². The summed E-state index contributed by atoms with van der Waals surface area (Å²) in [5.41, 5.74) is 2.57. The van der Waals surface area contributed by atoms with Gasteiger partial charge in [-0.3, -0.25) is 9.36 Å². The molecule has 6 heteroatoms. The van der Waals surface area contributed by atoms with Crippen molar-refractivity contribution in [1.29, 1.82) is 0 Å². The smallest absolute Gasteiger partial charge is 0.326 e. The standard InChI is InChI=1S/C19H20ClN3O2/c20-15-7-2-1-6-14(15)10-11-18(24)21-12-5-13-23-17-9-4-3-8-16(17)22-19(23)25/h1-4,6-9H,5,10-13H2,(H,21,24)(H,22,25). The van der Waals surface area contributed by atoms with Crippen molar-refractivity contribution in [3.63, 3.8) is 0 Å². The number of nitrogens with zero attached hydrogens (tertiary/aromatic N) is 1. The third-order valence-electron chi connectivity index (χ3n) is 4.14. The Hall–Kier alpha value is -2.53. The maximum atomic E-state index is 12.0. The van der Waals surface area contributed by atoms with Crippen LogP contribution in [-0.2, 0) is 17.8 Å². The number of hydrogen-bond donors (Lipinski definition) is 2. The zero-order valence-corrected chi connectivity index (χ0v) is 14.6. The molecule has 0 radical (unpaired) electrons. The summed E-state index contributed by atoms with van der Waals surface area (Å²) in [6.45, 7) is 1.10. The van der Waals surface area contributed by atoms with E-state index in [1.54, 1.807) is 4.57 Å². The summed E-state index contributed by atoms with van der Waals surface area (Å²) in [5.74, 6) is -0.00815. The molecule has 0 aliphatic heterocycles. The van der Waals surface area contributed by atoms with Crippen molar-refractivity contribution in [2.24, 2.45) is 0 Å². The van der Waals surface area contributed by atoms with E-state index >= 15 is 0 Å². The first-order chi connectivity index (χ1) is 12.1. The maximum Gasteiger partial charge on any atom is 0.326 e. The second-order valence-corrected chi connectivity index (χ2v) is 6.30. The minimum Gasteiger partial charge on any atom is -0.356 e. The lowest BCUT2D eigenvalue weighted by Gasteiger charge is -2.07. The van der Waals surface area contributed by atoms with Gasteiger partial charge in [0.2, 0.25) is 5.91 Å². The quantitative estimate of drug-likeness (QED) is 0.638. The van der Waals surface area contributed by atoms with Gasteiger partial charge in [-0.1, -0.05) is 41.9 Å². The number of carbonyl (C=O) groups excluding carboxylic acids is 1. The molecular weight excluding hydrogens is 338 g/mol. The molecule has 0 fully saturated rings. The first-order valence-electron chi connectivity index (χ1n) is 8.33. The average molecular weight is 358 g/mol. The first kappa shape index (κ1) is 17.3. The topological polar surface area (TPSA) is 66.9 Å². The van der Waals surface area contributed by atoms with E-state index in [9.17, 15) is 9.59 Å². The van der Waals surface area contributed by atoms with Crippen LogP contribution >= 0.6 is 11.6 Å². The van der Waals surface area contributed by atoms with Crippen molar-refractivity contribution < 1.29 is 4.79 Å². The van der Waals surface area contributed by atoms with Crippen LogP contribution in [0, 0.1) is 0 Å². The summed E-state index contributed by atoms with van der Waals surface area (Å²) >= 11 is 6.09. The Balaban J connectivity index is 1.45. The van der Waals surface area contributed by atoms with E-state index in [2.05, 4.69) is 10.3 Å². The average Bonchev–Trinajstić information content (AvgIpc) is 2.93. The number of hydrogen-bond acceptors (Lipinski definition) is 2. The molecule has 0 unspecified atom stereocenters. The number of para-hydroxylation sites is 2. The molecule has 5 nitrogen and oxygen atoms in total. The van der Waals surface area contributed by atoms with E-state index in [-0.39, 0.29) is 11.6 Å². The monoisotopic (exact) mass is 357 g/mol. The lowest BCUT2D eigenvalue weighted by atomic mass is 10.1. The fourth-order valence-corrected chi connectivity index (χ4v) is 3.06. The summed E-state index contributed by atoms with van der Waals surface area (Å²) in [4.78, 5) is 26.7. The third kappa shape index (κ3) is 4.31. The van der Waals surface area contributed by atoms with E-state index in [1.807, 2.05) is 48.5 Å².